The van der Waals surface area contributed by atoms with E-state index in [1.807, 2.05) is 12.1 Å². The predicted octanol–water partition coefficient (Wildman–Crippen LogP) is 6.72. The molecule has 1 N–H and O–H groups in total. The fraction of sp³-hybridized carbons (Fsp3) is 0.500. The van der Waals surface area contributed by atoms with Crippen molar-refractivity contribution in [3.8, 4) is 11.1 Å². The van der Waals surface area contributed by atoms with Gasteiger partial charge in [-0.2, -0.15) is 0 Å². The molecule has 0 bridgehead atoms. The van der Waals surface area contributed by atoms with Crippen LogP contribution in [-0.2, 0) is 16.0 Å². The summed E-state index contributed by atoms with van der Waals surface area (Å²) in [6, 6.07) is 15.5. The zero-order valence-electron chi connectivity index (χ0n) is 20.0. The highest BCUT2D eigenvalue weighted by molar-refractivity contribution is 5.97. The Labute approximate surface area is 193 Å². The first-order valence-corrected chi connectivity index (χ1v) is 12.2. The van der Waals surface area contributed by atoms with Crippen molar-refractivity contribution in [1.29, 1.82) is 0 Å². The molecule has 2 aromatic carbocycles. The molecule has 0 heterocycles. The van der Waals surface area contributed by atoms with Crippen LogP contribution >= 0.6 is 0 Å². The smallest absolute Gasteiger partial charge is 0.328 e. The van der Waals surface area contributed by atoms with Gasteiger partial charge in [-0.15, -0.1) is 0 Å². The number of unbranched alkanes of at least 4 members (excludes halogenated alkanes) is 7. The molecule has 0 saturated carbocycles. The van der Waals surface area contributed by atoms with E-state index in [0.29, 0.717) is 12.2 Å². The van der Waals surface area contributed by atoms with Gasteiger partial charge in [-0.1, -0.05) is 88.3 Å². The third kappa shape index (κ3) is 8.86. The summed E-state index contributed by atoms with van der Waals surface area (Å²) >= 11 is 0. The summed E-state index contributed by atoms with van der Waals surface area (Å²) in [5, 5.41) is 2.67. The molecule has 0 aliphatic rings. The number of esters is 1. The molecule has 0 aromatic heterocycles. The van der Waals surface area contributed by atoms with Crippen LogP contribution in [0.4, 0.5) is 0 Å². The second-order valence-electron chi connectivity index (χ2n) is 8.45. The number of amides is 1. The molecule has 0 saturated heterocycles. The predicted molar refractivity (Wildman–Crippen MR) is 132 cm³/mol. The minimum absolute atomic E-state index is 0.280. The van der Waals surface area contributed by atoms with Crippen LogP contribution < -0.4 is 5.32 Å². The van der Waals surface area contributed by atoms with Crippen molar-refractivity contribution in [3.63, 3.8) is 0 Å². The Balaban J connectivity index is 1.79. The Bertz CT molecular complexity index is 812. The van der Waals surface area contributed by atoms with Crippen molar-refractivity contribution < 1.29 is 14.3 Å². The maximum absolute atomic E-state index is 12.3. The standard InChI is InChI=1S/C28H39NO3/c1-4-6-7-8-9-10-11-12-13-23-14-16-24(17-15-23)25-18-20-26(21-19-25)27(30)29-22(3)28(31)32-5-2/h14-22H,4-13H2,1-3H3,(H,29,30)/t22-/m1/s1. The molecule has 4 heteroatoms. The molecule has 174 valence electrons. The number of rotatable bonds is 14. The van der Waals surface area contributed by atoms with Gasteiger partial charge in [0, 0.05) is 5.56 Å². The Morgan fingerprint density at radius 2 is 1.31 bits per heavy atom. The molecule has 1 atom stereocenters. The van der Waals surface area contributed by atoms with E-state index in [4.69, 9.17) is 4.74 Å². The van der Waals surface area contributed by atoms with Gasteiger partial charge in [-0.25, -0.2) is 4.79 Å². The first-order chi connectivity index (χ1) is 15.5. The third-order valence-electron chi connectivity index (χ3n) is 5.74. The summed E-state index contributed by atoms with van der Waals surface area (Å²) < 4.78 is 4.93. The largest absolute Gasteiger partial charge is 0.464 e. The second-order valence-corrected chi connectivity index (χ2v) is 8.45. The van der Waals surface area contributed by atoms with E-state index in [1.54, 1.807) is 26.0 Å². The summed E-state index contributed by atoms with van der Waals surface area (Å²) in [7, 11) is 0. The molecule has 2 rings (SSSR count). The van der Waals surface area contributed by atoms with E-state index >= 15 is 0 Å². The van der Waals surface area contributed by atoms with Crippen molar-refractivity contribution in [1.82, 2.24) is 5.32 Å². The van der Waals surface area contributed by atoms with Crippen LogP contribution in [-0.4, -0.2) is 24.5 Å². The lowest BCUT2D eigenvalue weighted by atomic mass is 10.00. The van der Waals surface area contributed by atoms with Crippen LogP contribution in [0, 0.1) is 0 Å². The van der Waals surface area contributed by atoms with Crippen LogP contribution in [0.25, 0.3) is 11.1 Å². The highest BCUT2D eigenvalue weighted by Gasteiger charge is 2.17. The monoisotopic (exact) mass is 437 g/mol. The van der Waals surface area contributed by atoms with Gasteiger partial charge < -0.3 is 10.1 Å². The Morgan fingerprint density at radius 1 is 0.781 bits per heavy atom. The number of benzene rings is 2. The normalized spacial score (nSPS) is 11.7. The fourth-order valence-corrected chi connectivity index (χ4v) is 3.75. The molecule has 1 amide bonds. The van der Waals surface area contributed by atoms with Gasteiger partial charge >= 0.3 is 5.97 Å². The topological polar surface area (TPSA) is 55.4 Å². The number of hydrogen-bond donors (Lipinski definition) is 1. The highest BCUT2D eigenvalue weighted by Crippen LogP contribution is 2.21. The van der Waals surface area contributed by atoms with E-state index in [1.165, 1.54) is 56.9 Å². The Morgan fingerprint density at radius 3 is 1.88 bits per heavy atom. The number of nitrogens with one attached hydrogen (secondary N) is 1. The highest BCUT2D eigenvalue weighted by atomic mass is 16.5. The lowest BCUT2D eigenvalue weighted by molar-refractivity contribution is -0.144. The first-order valence-electron chi connectivity index (χ1n) is 12.2. The quantitative estimate of drug-likeness (QED) is 0.264. The van der Waals surface area contributed by atoms with Crippen LogP contribution in [0.15, 0.2) is 48.5 Å². The maximum Gasteiger partial charge on any atom is 0.328 e. The van der Waals surface area contributed by atoms with Crippen molar-refractivity contribution in [3.05, 3.63) is 59.7 Å². The van der Waals surface area contributed by atoms with E-state index in [-0.39, 0.29) is 5.91 Å². The van der Waals surface area contributed by atoms with E-state index in [9.17, 15) is 9.59 Å². The molecule has 0 fully saturated rings. The molecule has 0 radical (unpaired) electrons. The Hall–Kier alpha value is -2.62. The molecule has 0 aliphatic carbocycles. The van der Waals surface area contributed by atoms with Gasteiger partial charge in [0.2, 0.25) is 0 Å². The van der Waals surface area contributed by atoms with Gasteiger partial charge in [0.05, 0.1) is 6.61 Å². The summed E-state index contributed by atoms with van der Waals surface area (Å²) in [5.41, 5.74) is 4.11. The molecule has 32 heavy (non-hydrogen) atoms. The average molecular weight is 438 g/mol. The Kier molecular flexibility index (Phi) is 11.6. The summed E-state index contributed by atoms with van der Waals surface area (Å²) in [4.78, 5) is 24.0. The van der Waals surface area contributed by atoms with Crippen LogP contribution in [0.1, 0.15) is 88.1 Å². The van der Waals surface area contributed by atoms with Crippen molar-refractivity contribution >= 4 is 11.9 Å². The number of carbonyl (C=O) groups excluding carboxylic acids is 2. The lowest BCUT2D eigenvalue weighted by Gasteiger charge is -2.13. The summed E-state index contributed by atoms with van der Waals surface area (Å²) in [5.74, 6) is -0.706. The summed E-state index contributed by atoms with van der Waals surface area (Å²) in [6.07, 6.45) is 11.9. The van der Waals surface area contributed by atoms with Gasteiger partial charge in [-0.05, 0) is 55.5 Å². The maximum atomic E-state index is 12.3. The fourth-order valence-electron chi connectivity index (χ4n) is 3.75. The molecule has 4 nitrogen and oxygen atoms in total. The van der Waals surface area contributed by atoms with Crippen molar-refractivity contribution in [2.24, 2.45) is 0 Å². The van der Waals surface area contributed by atoms with Gasteiger partial charge in [-0.3, -0.25) is 4.79 Å². The number of ether oxygens (including phenoxy) is 1. The average Bonchev–Trinajstić information content (AvgIpc) is 2.81. The number of hydrogen-bond acceptors (Lipinski definition) is 3. The van der Waals surface area contributed by atoms with E-state index in [0.717, 1.165) is 17.5 Å². The molecular formula is C28H39NO3. The van der Waals surface area contributed by atoms with E-state index in [2.05, 4.69) is 36.5 Å². The van der Waals surface area contributed by atoms with Gasteiger partial charge in [0.25, 0.3) is 5.91 Å². The SMILES string of the molecule is CCCCCCCCCCc1ccc(-c2ccc(C(=O)N[C@H](C)C(=O)OCC)cc2)cc1. The zero-order chi connectivity index (χ0) is 23.2. The minimum Gasteiger partial charge on any atom is -0.464 e. The molecule has 0 unspecified atom stereocenters. The third-order valence-corrected chi connectivity index (χ3v) is 5.74. The van der Waals surface area contributed by atoms with Crippen molar-refractivity contribution in [2.75, 3.05) is 6.61 Å². The molecular weight excluding hydrogens is 398 g/mol. The minimum atomic E-state index is -0.671. The van der Waals surface area contributed by atoms with Crippen LogP contribution in [0.3, 0.4) is 0 Å². The molecule has 0 spiro atoms. The van der Waals surface area contributed by atoms with E-state index < -0.39 is 12.0 Å². The number of aryl methyl sites for hydroxylation is 1. The number of carbonyl (C=O) groups is 2. The van der Waals surface area contributed by atoms with Gasteiger partial charge in [0.1, 0.15) is 6.04 Å². The van der Waals surface area contributed by atoms with Gasteiger partial charge in [0.15, 0.2) is 0 Å². The van der Waals surface area contributed by atoms with Crippen molar-refractivity contribution in [2.45, 2.75) is 84.6 Å². The molecule has 2 aromatic rings. The second kappa shape index (κ2) is 14.4. The first kappa shape index (κ1) is 25.6. The summed E-state index contributed by atoms with van der Waals surface area (Å²) in [6.45, 7) is 5.93. The lowest BCUT2D eigenvalue weighted by Crippen LogP contribution is -2.39. The molecule has 0 aliphatic heterocycles. The van der Waals surface area contributed by atoms with Crippen LogP contribution in [0.5, 0.6) is 0 Å². The van der Waals surface area contributed by atoms with Crippen LogP contribution in [0.2, 0.25) is 0 Å². The zero-order valence-corrected chi connectivity index (χ0v) is 20.0.